The fourth-order valence-corrected chi connectivity index (χ4v) is 15.0. The predicted molar refractivity (Wildman–Crippen MR) is 342 cm³/mol. The summed E-state index contributed by atoms with van der Waals surface area (Å²) in [6, 6.07) is 8.12. The lowest BCUT2D eigenvalue weighted by atomic mass is 9.81. The van der Waals surface area contributed by atoms with Crippen molar-refractivity contribution in [1.82, 2.24) is 0 Å². The molecule has 0 amide bonds. The smallest absolute Gasteiger partial charge is 0.310 e. The molecule has 0 aromatic heterocycles. The first kappa shape index (κ1) is 73.8. The van der Waals surface area contributed by atoms with Crippen molar-refractivity contribution in [3.63, 3.8) is 0 Å². The van der Waals surface area contributed by atoms with Gasteiger partial charge in [0.1, 0.15) is 5.75 Å². The van der Waals surface area contributed by atoms with Crippen LogP contribution in [0.1, 0.15) is 157 Å². The number of esters is 1. The largest absolute Gasteiger partial charge is 0.497 e. The number of ketones is 1. The molecular weight excluding hydrogens is 1040 g/mol. The molecule has 0 spiro atoms. The third-order valence-electron chi connectivity index (χ3n) is 18.6. The summed E-state index contributed by atoms with van der Waals surface area (Å²) in [6.45, 7) is 67.3. The zero-order chi connectivity index (χ0) is 61.0. The first-order chi connectivity index (χ1) is 35.2. The van der Waals surface area contributed by atoms with Crippen molar-refractivity contribution in [3.8, 4) is 5.75 Å². The van der Waals surface area contributed by atoms with Gasteiger partial charge >= 0.3 is 5.97 Å². The van der Waals surface area contributed by atoms with E-state index in [-0.39, 0.29) is 92.1 Å². The van der Waals surface area contributed by atoms with Gasteiger partial charge in [-0.15, -0.1) is 0 Å². The molecule has 450 valence electrons. The molecule has 1 aromatic rings. The van der Waals surface area contributed by atoms with Crippen molar-refractivity contribution in [2.75, 3.05) is 14.2 Å². The highest BCUT2D eigenvalue weighted by Crippen LogP contribution is 2.45. The highest BCUT2D eigenvalue weighted by molar-refractivity contribution is 6.75. The Morgan fingerprint density at radius 1 is 0.564 bits per heavy atom. The van der Waals surface area contributed by atoms with Crippen LogP contribution >= 0.6 is 0 Å². The molecular formula is C65H120O9Si4. The number of allylic oxidation sites excluding steroid dienone is 4. The van der Waals surface area contributed by atoms with Crippen LogP contribution in [0.5, 0.6) is 5.75 Å². The van der Waals surface area contributed by atoms with E-state index in [9.17, 15) is 9.59 Å². The molecule has 0 bridgehead atoms. The normalized spacial score (nSPS) is 18.8. The summed E-state index contributed by atoms with van der Waals surface area (Å²) in [4.78, 5) is 27.9. The Labute approximate surface area is 484 Å². The molecule has 0 radical (unpaired) electrons. The lowest BCUT2D eigenvalue weighted by molar-refractivity contribution is -0.150. The Morgan fingerprint density at radius 2 is 1.00 bits per heavy atom. The lowest BCUT2D eigenvalue weighted by Gasteiger charge is -2.46. The maximum Gasteiger partial charge on any atom is 0.310 e. The number of carbonyl (C=O) groups excluding carboxylic acids is 2. The van der Waals surface area contributed by atoms with Gasteiger partial charge in [-0.2, -0.15) is 0 Å². The molecule has 0 saturated heterocycles. The zero-order valence-corrected chi connectivity index (χ0v) is 59.7. The zero-order valence-electron chi connectivity index (χ0n) is 55.7. The minimum atomic E-state index is -2.41. The summed E-state index contributed by atoms with van der Waals surface area (Å²) in [6.07, 6.45) is 11.9. The van der Waals surface area contributed by atoms with Crippen molar-refractivity contribution in [1.29, 1.82) is 0 Å². The minimum absolute atomic E-state index is 0.0127. The van der Waals surface area contributed by atoms with E-state index in [0.29, 0.717) is 6.61 Å². The molecule has 0 aliphatic carbocycles. The fourth-order valence-electron chi connectivity index (χ4n) is 9.19. The Bertz CT molecular complexity index is 2100. The van der Waals surface area contributed by atoms with Crippen LogP contribution in [0.3, 0.4) is 0 Å². The first-order valence-corrected chi connectivity index (χ1v) is 41.1. The molecule has 0 aliphatic rings. The molecule has 0 saturated carbocycles. The maximum absolute atomic E-state index is 14.6. The summed E-state index contributed by atoms with van der Waals surface area (Å²) in [5.41, 5.74) is 2.38. The summed E-state index contributed by atoms with van der Waals surface area (Å²) < 4.78 is 47.0. The van der Waals surface area contributed by atoms with Gasteiger partial charge in [0, 0.05) is 24.2 Å². The number of benzene rings is 1. The Kier molecular flexibility index (Phi) is 28.2. The molecule has 12 atom stereocenters. The van der Waals surface area contributed by atoms with Gasteiger partial charge in [-0.1, -0.05) is 179 Å². The van der Waals surface area contributed by atoms with Gasteiger partial charge in [-0.05, 0) is 134 Å². The Balaban J connectivity index is 3.88. The van der Waals surface area contributed by atoms with E-state index in [1.165, 1.54) is 12.7 Å². The average Bonchev–Trinajstić information content (AvgIpc) is 3.30. The lowest BCUT2D eigenvalue weighted by Crippen LogP contribution is -2.53. The molecule has 0 unspecified atom stereocenters. The predicted octanol–water partition coefficient (Wildman–Crippen LogP) is 18.4. The van der Waals surface area contributed by atoms with Gasteiger partial charge in [-0.25, -0.2) is 0 Å². The molecule has 1 aromatic carbocycles. The van der Waals surface area contributed by atoms with Crippen LogP contribution in [0.4, 0.5) is 0 Å². The molecule has 1 rings (SSSR count). The van der Waals surface area contributed by atoms with E-state index in [1.807, 2.05) is 31.2 Å². The third-order valence-corrected chi connectivity index (χ3v) is 36.5. The topological polar surface area (TPSA) is 98.8 Å². The van der Waals surface area contributed by atoms with Crippen LogP contribution in [0.25, 0.3) is 0 Å². The molecule has 9 nitrogen and oxygen atoms in total. The van der Waals surface area contributed by atoms with E-state index < -0.39 is 51.4 Å². The number of hydrogen-bond acceptors (Lipinski definition) is 9. The van der Waals surface area contributed by atoms with Crippen LogP contribution in [-0.4, -0.2) is 89.8 Å². The van der Waals surface area contributed by atoms with Gasteiger partial charge < -0.3 is 31.9 Å². The third kappa shape index (κ3) is 21.8. The summed E-state index contributed by atoms with van der Waals surface area (Å²) >= 11 is 0. The van der Waals surface area contributed by atoms with E-state index in [1.54, 1.807) is 13.2 Å². The number of carbonyl (C=O) groups is 2. The van der Waals surface area contributed by atoms with Gasteiger partial charge in [0.25, 0.3) is 0 Å². The highest BCUT2D eigenvalue weighted by atomic mass is 28.4. The summed E-state index contributed by atoms with van der Waals surface area (Å²) in [5.74, 6) is -0.0891. The van der Waals surface area contributed by atoms with Crippen LogP contribution in [0.2, 0.25) is 72.5 Å². The SMILES string of the molecule is C=C/C=C\[C@H](C)[C@H](OCc1ccc(OC)cc1)[C@@H](C)[C@H](O[Si](C)(C)C(C)(C)C)[C@@H](C)C/C(C)=C\[C@H](C)[C@@H](O[Si](C)(C)C(C)(C)C)[C@@H](C)/C=C/C(=O)C[C@H](O[Si](C)(C)C(C)(C)C)[C@H](C)[C@H](O[Si](C)(C)C(C)(C)C)[C@@H](C)C(=O)OC. The Hall–Kier alpha value is -2.21. The minimum Gasteiger partial charge on any atom is -0.497 e. The van der Waals surface area contributed by atoms with Crippen LogP contribution in [0, 0.1) is 41.4 Å². The second kappa shape index (κ2) is 29.9. The van der Waals surface area contributed by atoms with Gasteiger partial charge in [0.2, 0.25) is 0 Å². The number of rotatable bonds is 31. The highest BCUT2D eigenvalue weighted by Gasteiger charge is 2.48. The summed E-state index contributed by atoms with van der Waals surface area (Å²) in [7, 11) is -6.22. The monoisotopic (exact) mass is 1160 g/mol. The standard InChI is InChI=1S/C65H120O9Si4/c1-32-33-34-46(3)58(70-44-53-36-39-55(68-22)40-37-53)51(8)59(73-77(28,29)64(16,17)18)49(6)42-45(2)41-48(5)57(72-76(26,27)63(13,14)15)47(4)35-38-54(66)43-56(71-75(24,25)62(10,11)12)50(7)60(52(9)61(67)69-23)74-78(30,31)65(19,20)21/h32-41,46-52,56-60H,1,42-44H2,2-31H3/b34-33-,38-35+,45-41-/t46-,47-,48-,49-,50-,51+,52+,56-,57-,58-,59+,60-/m0/s1. The average molecular weight is 1160 g/mol. The number of ether oxygens (including phenoxy) is 3. The van der Waals surface area contributed by atoms with E-state index in [4.69, 9.17) is 31.9 Å². The van der Waals surface area contributed by atoms with Crippen molar-refractivity contribution >= 4 is 45.0 Å². The summed E-state index contributed by atoms with van der Waals surface area (Å²) in [5, 5.41) is -0.221. The number of methoxy groups -OCH3 is 2. The maximum atomic E-state index is 14.6. The quantitative estimate of drug-likeness (QED) is 0.0237. The number of hydrogen-bond donors (Lipinski definition) is 0. The van der Waals surface area contributed by atoms with Crippen molar-refractivity contribution in [3.05, 3.63) is 78.4 Å². The fraction of sp³-hybridized carbons (Fsp3) is 0.754. The van der Waals surface area contributed by atoms with Crippen molar-refractivity contribution < 1.29 is 41.5 Å². The van der Waals surface area contributed by atoms with Crippen LogP contribution in [-0.2, 0) is 43.4 Å². The van der Waals surface area contributed by atoms with Gasteiger partial charge in [0.05, 0.1) is 57.3 Å². The second-order valence-electron chi connectivity index (χ2n) is 29.5. The molecule has 13 heteroatoms. The first-order valence-electron chi connectivity index (χ1n) is 29.4. The molecule has 0 fully saturated rings. The van der Waals surface area contributed by atoms with E-state index in [2.05, 4.69) is 221 Å². The Morgan fingerprint density at radius 3 is 1.44 bits per heavy atom. The van der Waals surface area contributed by atoms with Crippen LogP contribution in [0.15, 0.2) is 72.9 Å². The molecule has 78 heavy (non-hydrogen) atoms. The van der Waals surface area contributed by atoms with Gasteiger partial charge in [-0.3, -0.25) is 9.59 Å². The molecule has 0 heterocycles. The second-order valence-corrected chi connectivity index (χ2v) is 48.5. The molecule has 0 aliphatic heterocycles. The van der Waals surface area contributed by atoms with Crippen LogP contribution < -0.4 is 4.74 Å². The van der Waals surface area contributed by atoms with E-state index in [0.717, 1.165) is 17.7 Å². The van der Waals surface area contributed by atoms with E-state index >= 15 is 0 Å². The van der Waals surface area contributed by atoms with Gasteiger partial charge in [0.15, 0.2) is 39.1 Å². The van der Waals surface area contributed by atoms with Crippen molar-refractivity contribution in [2.24, 2.45) is 41.4 Å². The van der Waals surface area contributed by atoms with Crippen molar-refractivity contribution in [2.45, 2.75) is 261 Å². The molecule has 0 N–H and O–H groups in total.